The molecule has 10 atom stereocenters. The Morgan fingerprint density at radius 2 is 1.68 bits per heavy atom. The molecule has 4 aliphatic rings. The van der Waals surface area contributed by atoms with Crippen molar-refractivity contribution in [1.29, 1.82) is 0 Å². The van der Waals surface area contributed by atoms with Crippen molar-refractivity contribution in [2.75, 3.05) is 0 Å². The van der Waals surface area contributed by atoms with E-state index in [1.165, 1.54) is 12.5 Å². The van der Waals surface area contributed by atoms with Gasteiger partial charge in [-0.2, -0.15) is 0 Å². The quantitative estimate of drug-likeness (QED) is 0.305. The van der Waals surface area contributed by atoms with Crippen LogP contribution in [0.1, 0.15) is 114 Å². The van der Waals surface area contributed by atoms with Gasteiger partial charge in [0.15, 0.2) is 0 Å². The zero-order valence-electron chi connectivity index (χ0n) is 24.9. The number of carbonyl (C=O) groups is 1. The van der Waals surface area contributed by atoms with Gasteiger partial charge in [0.1, 0.15) is 6.10 Å². The number of hydrogen-bond donors (Lipinski definition) is 3. The summed E-state index contributed by atoms with van der Waals surface area (Å²) in [5.41, 5.74) is 0.0241. The van der Waals surface area contributed by atoms with Crippen molar-refractivity contribution in [3.05, 3.63) is 11.6 Å². The number of hydrogen-bond acceptors (Lipinski definition) is 5. The molecule has 0 aromatic carbocycles. The molecule has 5 heteroatoms. The second kappa shape index (κ2) is 9.34. The lowest BCUT2D eigenvalue weighted by atomic mass is 9.34. The third kappa shape index (κ3) is 4.53. The fourth-order valence-corrected chi connectivity index (χ4v) is 10.6. The average Bonchev–Trinajstić information content (AvgIpc) is 3.11. The monoisotopic (exact) mass is 518 g/mol. The molecule has 212 valence electrons. The Bertz CT molecular complexity index is 917. The Hall–Kier alpha value is -0.910. The summed E-state index contributed by atoms with van der Waals surface area (Å²) in [6.07, 6.45) is 8.18. The SMILES string of the molecule is CC(=O)O[C@@H]1C[C@@H]2[C@@]3(C)CC[C@H](O)C(C)(C)[C@@H]3[C@@H](O)C[C@@]2(C)[C@]2(C)CC[C@H](/C(C)=C/CCC(C)(C)O)[C@@H]12. The first-order valence-electron chi connectivity index (χ1n) is 14.8. The standard InChI is InChI=1S/C32H54O5/c1-19(11-10-14-28(3,4)36)21-12-16-31(8)26(21)23(37-20(2)33)17-24-30(7)15-13-25(35)29(5,6)27(30)22(34)18-32(24,31)9/h11,21-27,34-36H,10,12-18H2,1-9H3/b19-11+/t21-,22+,23-,24-,25+,26+,27+,30-,31-,32-/m1/s1. The molecule has 0 spiro atoms. The van der Waals surface area contributed by atoms with Gasteiger partial charge in [-0.05, 0) is 112 Å². The summed E-state index contributed by atoms with van der Waals surface area (Å²) in [6, 6.07) is 0. The Labute approximate surface area is 225 Å². The minimum atomic E-state index is -0.682. The third-order valence-electron chi connectivity index (χ3n) is 12.4. The highest BCUT2D eigenvalue weighted by atomic mass is 16.5. The maximum Gasteiger partial charge on any atom is 0.302 e. The van der Waals surface area contributed by atoms with Crippen molar-refractivity contribution in [2.24, 2.45) is 45.3 Å². The van der Waals surface area contributed by atoms with Gasteiger partial charge in [-0.1, -0.05) is 46.3 Å². The van der Waals surface area contributed by atoms with E-state index in [9.17, 15) is 20.1 Å². The second-order valence-electron chi connectivity index (χ2n) is 15.4. The van der Waals surface area contributed by atoms with Gasteiger partial charge in [0.2, 0.25) is 0 Å². The lowest BCUT2D eigenvalue weighted by Crippen LogP contribution is -2.69. The van der Waals surface area contributed by atoms with Crippen LogP contribution in [-0.4, -0.2) is 45.2 Å². The van der Waals surface area contributed by atoms with Crippen LogP contribution in [0.3, 0.4) is 0 Å². The number of allylic oxidation sites excluding steroid dienone is 2. The minimum Gasteiger partial charge on any atom is -0.462 e. The largest absolute Gasteiger partial charge is 0.462 e. The number of rotatable bonds is 5. The first-order chi connectivity index (χ1) is 16.9. The van der Waals surface area contributed by atoms with E-state index in [-0.39, 0.29) is 45.6 Å². The van der Waals surface area contributed by atoms with Crippen molar-refractivity contribution in [3.8, 4) is 0 Å². The van der Waals surface area contributed by atoms with E-state index in [0.29, 0.717) is 11.8 Å². The van der Waals surface area contributed by atoms with E-state index in [1.807, 2.05) is 13.8 Å². The van der Waals surface area contributed by atoms with Crippen LogP contribution in [0.5, 0.6) is 0 Å². The van der Waals surface area contributed by atoms with E-state index in [0.717, 1.165) is 51.4 Å². The Morgan fingerprint density at radius 3 is 2.27 bits per heavy atom. The molecule has 5 nitrogen and oxygen atoms in total. The molecule has 0 unspecified atom stereocenters. The fourth-order valence-electron chi connectivity index (χ4n) is 10.6. The van der Waals surface area contributed by atoms with Gasteiger partial charge >= 0.3 is 5.97 Å². The van der Waals surface area contributed by atoms with E-state index in [2.05, 4.69) is 47.6 Å². The molecule has 0 aromatic rings. The first-order valence-corrected chi connectivity index (χ1v) is 14.8. The van der Waals surface area contributed by atoms with Crippen molar-refractivity contribution in [2.45, 2.75) is 138 Å². The molecular formula is C32H54O5. The molecule has 0 saturated heterocycles. The van der Waals surface area contributed by atoms with Crippen molar-refractivity contribution < 1.29 is 24.9 Å². The van der Waals surface area contributed by atoms with E-state index < -0.39 is 17.8 Å². The van der Waals surface area contributed by atoms with E-state index >= 15 is 0 Å². The molecule has 0 amide bonds. The summed E-state index contributed by atoms with van der Waals surface area (Å²) in [4.78, 5) is 12.4. The fraction of sp³-hybridized carbons (Fsp3) is 0.906. The number of fused-ring (bicyclic) bond motifs is 5. The predicted molar refractivity (Wildman–Crippen MR) is 147 cm³/mol. The summed E-state index contributed by atoms with van der Waals surface area (Å²) in [5, 5.41) is 33.0. The molecule has 4 saturated carbocycles. The van der Waals surface area contributed by atoms with Crippen LogP contribution in [0.25, 0.3) is 0 Å². The van der Waals surface area contributed by atoms with Crippen molar-refractivity contribution >= 4 is 5.97 Å². The first kappa shape index (κ1) is 29.1. The third-order valence-corrected chi connectivity index (χ3v) is 12.4. The molecule has 0 bridgehead atoms. The van der Waals surface area contributed by atoms with Crippen LogP contribution in [0.15, 0.2) is 11.6 Å². The topological polar surface area (TPSA) is 87.0 Å². The number of aliphatic hydroxyl groups excluding tert-OH is 2. The van der Waals surface area contributed by atoms with Crippen LogP contribution in [0, 0.1) is 45.3 Å². The highest BCUT2D eigenvalue weighted by molar-refractivity contribution is 5.66. The molecule has 0 radical (unpaired) electrons. The number of esters is 1. The van der Waals surface area contributed by atoms with Gasteiger partial charge in [0.05, 0.1) is 17.8 Å². The maximum absolute atomic E-state index is 12.4. The molecule has 4 aliphatic carbocycles. The molecule has 4 rings (SSSR count). The predicted octanol–water partition coefficient (Wildman–Crippen LogP) is 6.04. The van der Waals surface area contributed by atoms with Gasteiger partial charge < -0.3 is 20.1 Å². The van der Waals surface area contributed by atoms with Crippen LogP contribution in [0.2, 0.25) is 0 Å². The van der Waals surface area contributed by atoms with Gasteiger partial charge in [-0.25, -0.2) is 0 Å². The van der Waals surface area contributed by atoms with Crippen LogP contribution >= 0.6 is 0 Å². The number of ether oxygens (including phenoxy) is 1. The van der Waals surface area contributed by atoms with Crippen LogP contribution in [0.4, 0.5) is 0 Å². The summed E-state index contributed by atoms with van der Waals surface area (Å²) >= 11 is 0. The van der Waals surface area contributed by atoms with Gasteiger partial charge in [-0.3, -0.25) is 4.79 Å². The average molecular weight is 519 g/mol. The molecule has 3 N–H and O–H groups in total. The highest BCUT2D eigenvalue weighted by Crippen LogP contribution is 2.75. The van der Waals surface area contributed by atoms with E-state index in [4.69, 9.17) is 4.74 Å². The normalized spacial score (nSPS) is 47.6. The second-order valence-corrected chi connectivity index (χ2v) is 15.4. The Kier molecular flexibility index (Phi) is 7.34. The summed E-state index contributed by atoms with van der Waals surface area (Å²) in [5.74, 6) is 0.665. The summed E-state index contributed by atoms with van der Waals surface area (Å²) in [6.45, 7) is 18.9. The summed E-state index contributed by atoms with van der Waals surface area (Å²) in [7, 11) is 0. The number of carbonyl (C=O) groups excluding carboxylic acids is 1. The van der Waals surface area contributed by atoms with Crippen LogP contribution < -0.4 is 0 Å². The van der Waals surface area contributed by atoms with Gasteiger partial charge in [0, 0.05) is 12.8 Å². The Morgan fingerprint density at radius 1 is 1.03 bits per heavy atom. The van der Waals surface area contributed by atoms with E-state index in [1.54, 1.807) is 0 Å². The van der Waals surface area contributed by atoms with Gasteiger partial charge in [-0.15, -0.1) is 0 Å². The van der Waals surface area contributed by atoms with Crippen molar-refractivity contribution in [3.63, 3.8) is 0 Å². The summed E-state index contributed by atoms with van der Waals surface area (Å²) < 4.78 is 6.21. The van der Waals surface area contributed by atoms with Crippen molar-refractivity contribution in [1.82, 2.24) is 0 Å². The molecule has 4 fully saturated rings. The molecule has 37 heavy (non-hydrogen) atoms. The smallest absolute Gasteiger partial charge is 0.302 e. The minimum absolute atomic E-state index is 0.0145. The Balaban J connectivity index is 1.75. The zero-order valence-corrected chi connectivity index (χ0v) is 24.9. The molecule has 0 aromatic heterocycles. The lowest BCUT2D eigenvalue weighted by Gasteiger charge is -2.71. The lowest BCUT2D eigenvalue weighted by molar-refractivity contribution is -0.272. The molecule has 0 aliphatic heterocycles. The number of aliphatic hydroxyl groups is 3. The maximum atomic E-state index is 12.4. The van der Waals surface area contributed by atoms with Gasteiger partial charge in [0.25, 0.3) is 0 Å². The van der Waals surface area contributed by atoms with Crippen LogP contribution in [-0.2, 0) is 9.53 Å². The molecular weight excluding hydrogens is 464 g/mol. The zero-order chi connectivity index (χ0) is 27.8. The highest BCUT2D eigenvalue weighted by Gasteiger charge is 2.72. The molecule has 0 heterocycles.